The van der Waals surface area contributed by atoms with Crippen molar-refractivity contribution in [3.63, 3.8) is 0 Å². The lowest BCUT2D eigenvalue weighted by molar-refractivity contribution is -0.129. The molecule has 0 saturated heterocycles. The Kier molecular flexibility index (Phi) is 6.82. The highest BCUT2D eigenvalue weighted by atomic mass is 35.5. The molecule has 3 aromatic rings. The number of aromatic nitrogens is 4. The van der Waals surface area contributed by atoms with Gasteiger partial charge in [-0.15, -0.1) is 10.2 Å². The maximum Gasteiger partial charge on any atom is 0.236 e. The molecule has 0 amide bonds. The monoisotopic (exact) mass is 569 g/mol. The normalized spacial score (nSPS) is 19.9. The molecule has 1 spiro atoms. The standard InChI is InChI=1S/C27H28ClN5O7/c1-12(2)33-31-26(30-32-33)14-8-16(23(35)19(9-14)39-6)29-15-7-13(3)27(20(34)10-15)25(36)21-17(37-4)11-18(38-5)22(28)24(21)40-27/h8-13,29,35H,7H2,1-6H3/t13-,27+/m1/s1. The van der Waals surface area contributed by atoms with Crippen LogP contribution >= 0.6 is 11.6 Å². The van der Waals surface area contributed by atoms with Crippen molar-refractivity contribution < 1.29 is 33.6 Å². The number of phenols is 1. The number of ketones is 2. The minimum Gasteiger partial charge on any atom is -0.503 e. The Morgan fingerprint density at radius 2 is 1.82 bits per heavy atom. The fourth-order valence-corrected chi connectivity index (χ4v) is 5.20. The Bertz CT molecular complexity index is 1570. The fourth-order valence-electron chi connectivity index (χ4n) is 4.94. The van der Waals surface area contributed by atoms with Crippen LogP contribution in [0.25, 0.3) is 11.4 Å². The molecule has 1 aliphatic carbocycles. The Balaban J connectivity index is 1.50. The molecule has 2 heterocycles. The van der Waals surface area contributed by atoms with Gasteiger partial charge in [0.25, 0.3) is 0 Å². The maximum absolute atomic E-state index is 13.7. The highest BCUT2D eigenvalue weighted by Crippen LogP contribution is 2.53. The zero-order valence-corrected chi connectivity index (χ0v) is 23.5. The summed E-state index contributed by atoms with van der Waals surface area (Å²) in [5, 5.41) is 26.6. The van der Waals surface area contributed by atoms with Gasteiger partial charge in [0, 0.05) is 29.3 Å². The third-order valence-electron chi connectivity index (χ3n) is 7.05. The number of fused-ring (bicyclic) bond motifs is 1. The Morgan fingerprint density at radius 3 is 2.42 bits per heavy atom. The van der Waals surface area contributed by atoms with Gasteiger partial charge in [-0.2, -0.15) is 4.80 Å². The minimum atomic E-state index is -1.82. The molecule has 0 saturated carbocycles. The van der Waals surface area contributed by atoms with Gasteiger partial charge >= 0.3 is 0 Å². The second-order valence-corrected chi connectivity index (χ2v) is 10.2. The number of hydrogen-bond donors (Lipinski definition) is 2. The summed E-state index contributed by atoms with van der Waals surface area (Å²) in [5.74, 6) is -0.893. The number of carbonyl (C=O) groups excluding carboxylic acids is 2. The zero-order valence-electron chi connectivity index (χ0n) is 22.7. The molecular weight excluding hydrogens is 542 g/mol. The number of nitrogens with zero attached hydrogens (tertiary/aromatic N) is 4. The first-order chi connectivity index (χ1) is 19.0. The Morgan fingerprint density at radius 1 is 1.12 bits per heavy atom. The number of tetrazole rings is 1. The van der Waals surface area contributed by atoms with E-state index in [9.17, 15) is 14.7 Å². The molecule has 210 valence electrons. The molecule has 0 unspecified atom stereocenters. The topological polar surface area (TPSA) is 147 Å². The first-order valence-corrected chi connectivity index (χ1v) is 12.8. The van der Waals surface area contributed by atoms with E-state index in [1.807, 2.05) is 13.8 Å². The lowest BCUT2D eigenvalue weighted by Crippen LogP contribution is -2.55. The molecule has 0 bridgehead atoms. The van der Waals surface area contributed by atoms with E-state index >= 15 is 0 Å². The first-order valence-electron chi connectivity index (χ1n) is 12.5. The van der Waals surface area contributed by atoms with Crippen molar-refractivity contribution in [2.75, 3.05) is 26.6 Å². The largest absolute Gasteiger partial charge is 0.503 e. The first kappa shape index (κ1) is 27.3. The zero-order chi connectivity index (χ0) is 28.9. The average molecular weight is 570 g/mol. The summed E-state index contributed by atoms with van der Waals surface area (Å²) in [6.07, 6.45) is 1.53. The number of anilines is 1. The van der Waals surface area contributed by atoms with Gasteiger partial charge < -0.3 is 29.4 Å². The number of hydrogen-bond acceptors (Lipinski definition) is 11. The number of phenolic OH excluding ortho intramolecular Hbond substituents is 1. The number of Topliss-reactive ketones (excluding diaryl/α,β-unsaturated/α-hetero) is 1. The van der Waals surface area contributed by atoms with Crippen molar-refractivity contribution in [3.05, 3.63) is 40.6 Å². The molecule has 12 nitrogen and oxygen atoms in total. The second-order valence-electron chi connectivity index (χ2n) is 9.83. The molecule has 2 atom stereocenters. The summed E-state index contributed by atoms with van der Waals surface area (Å²) in [6, 6.07) is 4.71. The van der Waals surface area contributed by atoms with Crippen LogP contribution in [-0.2, 0) is 4.79 Å². The quantitative estimate of drug-likeness (QED) is 0.311. The van der Waals surface area contributed by atoms with Crippen LogP contribution in [0.5, 0.6) is 28.7 Å². The number of aromatic hydroxyl groups is 1. The van der Waals surface area contributed by atoms with Crippen molar-refractivity contribution in [2.24, 2.45) is 5.92 Å². The van der Waals surface area contributed by atoms with Gasteiger partial charge in [0.15, 0.2) is 17.2 Å². The molecule has 1 aliphatic heterocycles. The predicted octanol–water partition coefficient (Wildman–Crippen LogP) is 4.22. The van der Waals surface area contributed by atoms with Gasteiger partial charge in [0.2, 0.25) is 23.0 Å². The summed E-state index contributed by atoms with van der Waals surface area (Å²) >= 11 is 6.46. The number of methoxy groups -OCH3 is 3. The summed E-state index contributed by atoms with van der Waals surface area (Å²) in [5.41, 5.74) is -0.474. The molecule has 0 fully saturated rings. The molecule has 5 rings (SSSR count). The van der Waals surface area contributed by atoms with Gasteiger partial charge in [-0.05, 0) is 37.6 Å². The molecular formula is C27H28ClN5O7. The fraction of sp³-hybridized carbons (Fsp3) is 0.370. The summed E-state index contributed by atoms with van der Waals surface area (Å²) in [4.78, 5) is 28.8. The third-order valence-corrected chi connectivity index (χ3v) is 7.41. The van der Waals surface area contributed by atoms with Crippen LogP contribution in [0, 0.1) is 5.92 Å². The number of nitrogens with one attached hydrogen (secondary N) is 1. The van der Waals surface area contributed by atoms with Crippen LogP contribution in [0.4, 0.5) is 5.69 Å². The van der Waals surface area contributed by atoms with Crippen LogP contribution in [0.2, 0.25) is 5.02 Å². The van der Waals surface area contributed by atoms with E-state index in [2.05, 4.69) is 20.7 Å². The van der Waals surface area contributed by atoms with E-state index in [1.54, 1.807) is 19.1 Å². The van der Waals surface area contributed by atoms with Crippen molar-refractivity contribution >= 4 is 28.9 Å². The predicted molar refractivity (Wildman–Crippen MR) is 145 cm³/mol. The highest BCUT2D eigenvalue weighted by Gasteiger charge is 2.60. The number of halogens is 1. The van der Waals surface area contributed by atoms with Crippen molar-refractivity contribution in [3.8, 4) is 40.1 Å². The maximum atomic E-state index is 13.7. The molecule has 13 heteroatoms. The molecule has 0 radical (unpaired) electrons. The van der Waals surface area contributed by atoms with Gasteiger partial charge in [-0.25, -0.2) is 0 Å². The van der Waals surface area contributed by atoms with Gasteiger partial charge in [0.1, 0.15) is 22.1 Å². The molecule has 2 N–H and O–H groups in total. The van der Waals surface area contributed by atoms with E-state index in [0.29, 0.717) is 17.1 Å². The molecule has 1 aromatic heterocycles. The smallest absolute Gasteiger partial charge is 0.236 e. The van der Waals surface area contributed by atoms with Crippen LogP contribution in [0.15, 0.2) is 30.0 Å². The Hall–Kier alpha value is -4.32. The summed E-state index contributed by atoms with van der Waals surface area (Å²) in [6.45, 7) is 5.58. The third kappa shape index (κ3) is 4.10. The number of carbonyl (C=O) groups is 2. The van der Waals surface area contributed by atoms with E-state index in [4.69, 9.17) is 30.5 Å². The van der Waals surface area contributed by atoms with E-state index in [0.717, 1.165) is 0 Å². The van der Waals surface area contributed by atoms with E-state index in [-0.39, 0.29) is 57.5 Å². The minimum absolute atomic E-state index is 0.00709. The lowest BCUT2D eigenvalue weighted by Gasteiger charge is -2.35. The average Bonchev–Trinajstić information content (AvgIpc) is 3.54. The summed E-state index contributed by atoms with van der Waals surface area (Å²) in [7, 11) is 4.25. The number of allylic oxidation sites excluding steroid dienone is 1. The lowest BCUT2D eigenvalue weighted by atomic mass is 9.74. The van der Waals surface area contributed by atoms with E-state index in [1.165, 1.54) is 38.3 Å². The van der Waals surface area contributed by atoms with Crippen LogP contribution in [-0.4, -0.2) is 63.8 Å². The Labute approximate surface area is 234 Å². The second kappa shape index (κ2) is 10.0. The van der Waals surface area contributed by atoms with Crippen molar-refractivity contribution in [1.82, 2.24) is 20.2 Å². The number of rotatable bonds is 7. The van der Waals surface area contributed by atoms with Crippen molar-refractivity contribution in [1.29, 1.82) is 0 Å². The highest BCUT2D eigenvalue weighted by molar-refractivity contribution is 6.36. The van der Waals surface area contributed by atoms with Gasteiger partial charge in [-0.3, -0.25) is 9.59 Å². The number of ether oxygens (including phenoxy) is 4. The van der Waals surface area contributed by atoms with Crippen LogP contribution in [0.1, 0.15) is 43.6 Å². The van der Waals surface area contributed by atoms with Crippen LogP contribution < -0.4 is 24.3 Å². The van der Waals surface area contributed by atoms with Crippen LogP contribution in [0.3, 0.4) is 0 Å². The van der Waals surface area contributed by atoms with Gasteiger partial charge in [0.05, 0.1) is 33.1 Å². The van der Waals surface area contributed by atoms with Crippen molar-refractivity contribution in [2.45, 2.75) is 38.8 Å². The summed E-state index contributed by atoms with van der Waals surface area (Å²) < 4.78 is 22.1. The molecule has 40 heavy (non-hydrogen) atoms. The SMILES string of the molecule is COc1cc(-c2nnn(C(C)C)n2)cc(NC2=CC(=O)[C@@]3(Oc4c(Cl)c(OC)cc(OC)c4C3=O)[C@H](C)C2)c1O. The molecule has 2 aromatic carbocycles. The van der Waals surface area contributed by atoms with Gasteiger partial charge in [-0.1, -0.05) is 18.5 Å². The molecule has 2 aliphatic rings. The number of benzene rings is 2. The van der Waals surface area contributed by atoms with E-state index < -0.39 is 23.1 Å².